The van der Waals surface area contributed by atoms with Crippen molar-refractivity contribution in [3.63, 3.8) is 0 Å². The van der Waals surface area contributed by atoms with Crippen LogP contribution in [0.2, 0.25) is 0 Å². The van der Waals surface area contributed by atoms with E-state index in [0.717, 1.165) is 62.1 Å². The van der Waals surface area contributed by atoms with Gasteiger partial charge in [0.2, 0.25) is 5.91 Å². The summed E-state index contributed by atoms with van der Waals surface area (Å²) in [7, 11) is 0. The third-order valence-corrected chi connectivity index (χ3v) is 6.58. The van der Waals surface area contributed by atoms with Gasteiger partial charge in [0, 0.05) is 23.3 Å². The van der Waals surface area contributed by atoms with Gasteiger partial charge < -0.3 is 16.4 Å². The molecule has 2 aliphatic heterocycles. The molecule has 2 aliphatic rings. The fourth-order valence-electron chi connectivity index (χ4n) is 4.95. The molecule has 32 heavy (non-hydrogen) atoms. The molecular weight excluding hydrogens is 404 g/mol. The lowest BCUT2D eigenvalue weighted by atomic mass is 10.0. The number of nitrogens with zero attached hydrogens (tertiary/aromatic N) is 3. The molecule has 0 spiro atoms. The lowest BCUT2D eigenvalue weighted by Crippen LogP contribution is -2.49. The number of primary amides is 1. The number of carbonyl (C=O) groups excluding carboxylic acids is 2. The average molecular weight is 433 g/mol. The van der Waals surface area contributed by atoms with Crippen LogP contribution in [0, 0.1) is 0 Å². The van der Waals surface area contributed by atoms with Crippen molar-refractivity contribution in [2.24, 2.45) is 5.73 Å². The number of piperidine rings is 1. The van der Waals surface area contributed by atoms with E-state index in [0.29, 0.717) is 17.1 Å². The molecule has 1 atom stereocenters. The van der Waals surface area contributed by atoms with E-state index >= 15 is 0 Å². The minimum atomic E-state index is -0.496. The Bertz CT molecular complexity index is 1130. The molecule has 0 aliphatic carbocycles. The molecule has 1 aromatic heterocycles. The van der Waals surface area contributed by atoms with E-state index in [1.54, 1.807) is 16.8 Å². The smallest absolute Gasteiger partial charge is 0.250 e. The molecule has 3 aromatic rings. The quantitative estimate of drug-likeness (QED) is 0.574. The van der Waals surface area contributed by atoms with E-state index in [4.69, 9.17) is 5.73 Å². The van der Waals surface area contributed by atoms with Gasteiger partial charge in [-0.05, 0) is 75.6 Å². The summed E-state index contributed by atoms with van der Waals surface area (Å²) in [6.07, 6.45) is 6.06. The zero-order valence-corrected chi connectivity index (χ0v) is 18.0. The summed E-state index contributed by atoms with van der Waals surface area (Å²) < 4.78 is 1.72. The molecule has 8 nitrogen and oxygen atoms in total. The number of benzene rings is 2. The Morgan fingerprint density at radius 3 is 2.59 bits per heavy atom. The van der Waals surface area contributed by atoms with E-state index in [2.05, 4.69) is 20.6 Å². The molecule has 5 rings (SSSR count). The number of hydrogen-bond acceptors (Lipinski definition) is 5. The van der Waals surface area contributed by atoms with Gasteiger partial charge in [-0.2, -0.15) is 5.10 Å². The summed E-state index contributed by atoms with van der Waals surface area (Å²) in [5.41, 5.74) is 8.06. The van der Waals surface area contributed by atoms with Crippen molar-refractivity contribution < 1.29 is 9.59 Å². The second kappa shape index (κ2) is 8.72. The van der Waals surface area contributed by atoms with Gasteiger partial charge >= 0.3 is 0 Å². The molecule has 8 heteroatoms. The van der Waals surface area contributed by atoms with Crippen LogP contribution in [0.15, 0.2) is 48.7 Å². The normalized spacial score (nSPS) is 19.9. The van der Waals surface area contributed by atoms with Gasteiger partial charge in [-0.15, -0.1) is 0 Å². The van der Waals surface area contributed by atoms with Crippen LogP contribution in [0.1, 0.15) is 36.0 Å². The Morgan fingerprint density at radius 2 is 1.84 bits per heavy atom. The molecule has 0 unspecified atom stereocenters. The molecule has 166 valence electrons. The van der Waals surface area contributed by atoms with Crippen molar-refractivity contribution in [3.8, 4) is 5.69 Å². The third-order valence-electron chi connectivity index (χ3n) is 6.58. The number of aromatic nitrogens is 2. The molecule has 4 N–H and O–H groups in total. The summed E-state index contributed by atoms with van der Waals surface area (Å²) in [5, 5.41) is 11.9. The van der Waals surface area contributed by atoms with E-state index < -0.39 is 5.91 Å². The highest BCUT2D eigenvalue weighted by Crippen LogP contribution is 2.26. The predicted molar refractivity (Wildman–Crippen MR) is 124 cm³/mol. The first-order valence-electron chi connectivity index (χ1n) is 11.3. The van der Waals surface area contributed by atoms with E-state index in [1.807, 2.05) is 36.5 Å². The van der Waals surface area contributed by atoms with E-state index in [-0.39, 0.29) is 11.9 Å². The highest BCUT2D eigenvalue weighted by atomic mass is 16.2. The maximum Gasteiger partial charge on any atom is 0.250 e. The number of nitrogens with two attached hydrogens (primary N) is 1. The Balaban J connectivity index is 1.30. The van der Waals surface area contributed by atoms with Crippen LogP contribution in [0.4, 0.5) is 5.69 Å². The van der Waals surface area contributed by atoms with Crippen molar-refractivity contribution in [3.05, 3.63) is 54.2 Å². The number of anilines is 1. The maximum absolute atomic E-state index is 13.0. The number of nitrogens with one attached hydrogen (secondary N) is 2. The van der Waals surface area contributed by atoms with E-state index in [9.17, 15) is 9.59 Å². The van der Waals surface area contributed by atoms with Crippen LogP contribution in [0.5, 0.6) is 0 Å². The molecule has 2 aromatic carbocycles. The molecule has 0 radical (unpaired) electrons. The van der Waals surface area contributed by atoms with Crippen molar-refractivity contribution in [2.75, 3.05) is 25.0 Å². The molecule has 0 saturated carbocycles. The molecule has 3 heterocycles. The minimum absolute atomic E-state index is 0.0542. The summed E-state index contributed by atoms with van der Waals surface area (Å²) in [6, 6.07) is 13.4. The molecule has 2 fully saturated rings. The molecule has 2 amide bonds. The van der Waals surface area contributed by atoms with Gasteiger partial charge in [0.25, 0.3) is 5.91 Å². The first kappa shape index (κ1) is 20.7. The predicted octanol–water partition coefficient (Wildman–Crippen LogP) is 2.28. The zero-order valence-electron chi connectivity index (χ0n) is 18.0. The lowest BCUT2D eigenvalue weighted by molar-refractivity contribution is -0.121. The number of amides is 2. The molecule has 2 saturated heterocycles. The average Bonchev–Trinajstić information content (AvgIpc) is 3.47. The first-order valence-corrected chi connectivity index (χ1v) is 11.3. The SMILES string of the molecule is NC(=O)c1cccc2cn(-c3ccc(NC(=O)[C@@H]4CCCN4C4CCNCC4)cc3)nc12. The zero-order chi connectivity index (χ0) is 22.1. The third kappa shape index (κ3) is 3.99. The fraction of sp³-hybridized carbons (Fsp3) is 0.375. The highest BCUT2D eigenvalue weighted by molar-refractivity contribution is 6.04. The van der Waals surface area contributed by atoms with Crippen LogP contribution in [0.3, 0.4) is 0 Å². The number of likely N-dealkylation sites (tertiary alicyclic amines) is 1. The monoisotopic (exact) mass is 432 g/mol. The van der Waals surface area contributed by atoms with Crippen LogP contribution >= 0.6 is 0 Å². The van der Waals surface area contributed by atoms with Crippen molar-refractivity contribution in [1.29, 1.82) is 0 Å². The molecular formula is C24H28N6O2. The number of rotatable bonds is 5. The van der Waals surface area contributed by atoms with Gasteiger partial charge in [-0.1, -0.05) is 12.1 Å². The second-order valence-electron chi connectivity index (χ2n) is 8.59. The molecule has 0 bridgehead atoms. The van der Waals surface area contributed by atoms with Crippen LogP contribution in [-0.2, 0) is 4.79 Å². The summed E-state index contributed by atoms with van der Waals surface area (Å²) in [5.74, 6) is -0.422. The highest BCUT2D eigenvalue weighted by Gasteiger charge is 2.35. The topological polar surface area (TPSA) is 105 Å². The van der Waals surface area contributed by atoms with Gasteiger partial charge in [-0.25, -0.2) is 4.68 Å². The summed E-state index contributed by atoms with van der Waals surface area (Å²) in [6.45, 7) is 3.06. The van der Waals surface area contributed by atoms with Crippen molar-refractivity contribution in [2.45, 2.75) is 37.8 Å². The summed E-state index contributed by atoms with van der Waals surface area (Å²) in [4.78, 5) is 27.1. The fourth-order valence-corrected chi connectivity index (χ4v) is 4.95. The number of carbonyl (C=O) groups is 2. The Hall–Kier alpha value is -3.23. The van der Waals surface area contributed by atoms with Gasteiger partial charge in [-0.3, -0.25) is 14.5 Å². The Kier molecular flexibility index (Phi) is 5.63. The lowest BCUT2D eigenvalue weighted by Gasteiger charge is -2.35. The minimum Gasteiger partial charge on any atom is -0.366 e. The van der Waals surface area contributed by atoms with Crippen molar-refractivity contribution >= 4 is 28.4 Å². The number of hydrogen-bond donors (Lipinski definition) is 3. The van der Waals surface area contributed by atoms with Crippen LogP contribution in [0.25, 0.3) is 16.6 Å². The maximum atomic E-state index is 13.0. The Labute approximate surface area is 186 Å². The van der Waals surface area contributed by atoms with Crippen molar-refractivity contribution in [1.82, 2.24) is 20.0 Å². The largest absolute Gasteiger partial charge is 0.366 e. The van der Waals surface area contributed by atoms with Gasteiger partial charge in [0.15, 0.2) is 0 Å². The van der Waals surface area contributed by atoms with E-state index in [1.165, 1.54) is 0 Å². The second-order valence-corrected chi connectivity index (χ2v) is 8.59. The van der Waals surface area contributed by atoms with Gasteiger partial charge in [0.1, 0.15) is 5.52 Å². The number of fused-ring (bicyclic) bond motifs is 1. The van der Waals surface area contributed by atoms with Crippen LogP contribution in [-0.4, -0.2) is 58.2 Å². The van der Waals surface area contributed by atoms with Gasteiger partial charge in [0.05, 0.1) is 17.3 Å². The standard InChI is InChI=1S/C24H28N6O2/c25-23(31)20-4-1-3-16-15-30(28-22(16)20)19-8-6-17(7-9-19)27-24(32)21-5-2-14-29(21)18-10-12-26-13-11-18/h1,3-4,6-9,15,18,21,26H,2,5,10-14H2,(H2,25,31)(H,27,32)/t21-/m0/s1. The Morgan fingerprint density at radius 1 is 1.06 bits per heavy atom. The first-order chi connectivity index (χ1) is 15.6. The van der Waals surface area contributed by atoms with Crippen LogP contribution < -0.4 is 16.4 Å². The summed E-state index contributed by atoms with van der Waals surface area (Å²) >= 11 is 0.